The van der Waals surface area contributed by atoms with Crippen LogP contribution in [0.15, 0.2) is 24.3 Å². The maximum Gasteiger partial charge on any atom is 0.251 e. The van der Waals surface area contributed by atoms with Gasteiger partial charge in [-0.25, -0.2) is 0 Å². The van der Waals surface area contributed by atoms with Gasteiger partial charge in [-0.2, -0.15) is 0 Å². The third kappa shape index (κ3) is 5.44. The van der Waals surface area contributed by atoms with Crippen molar-refractivity contribution in [3.8, 4) is 0 Å². The summed E-state index contributed by atoms with van der Waals surface area (Å²) in [7, 11) is 0. The molecular weight excluding hydrogens is 338 g/mol. The largest absolute Gasteiger partial charge is 0.349 e. The van der Waals surface area contributed by atoms with E-state index in [1.807, 2.05) is 0 Å². The van der Waals surface area contributed by atoms with Crippen LogP contribution in [0.4, 0.5) is 5.69 Å². The Morgan fingerprint density at radius 3 is 2.24 bits per heavy atom. The molecule has 2 amide bonds. The molecule has 0 heterocycles. The first-order valence-electron chi connectivity index (χ1n) is 9.09. The first-order valence-corrected chi connectivity index (χ1v) is 9.09. The Morgan fingerprint density at radius 1 is 0.960 bits per heavy atom. The molecule has 0 spiro atoms. The number of hydrogen-bond acceptors (Lipinski definition) is 3. The predicted molar refractivity (Wildman–Crippen MR) is 102 cm³/mol. The fourth-order valence-electron chi connectivity index (χ4n) is 3.72. The van der Waals surface area contributed by atoms with E-state index in [0.717, 1.165) is 37.8 Å². The molecule has 3 rings (SSSR count). The van der Waals surface area contributed by atoms with Gasteiger partial charge in [-0.3, -0.25) is 9.59 Å². The van der Waals surface area contributed by atoms with Crippen LogP contribution in [0.1, 0.15) is 61.7 Å². The van der Waals surface area contributed by atoms with E-state index in [4.69, 9.17) is 5.73 Å². The summed E-state index contributed by atoms with van der Waals surface area (Å²) in [6, 6.07) is 7.58. The van der Waals surface area contributed by atoms with Crippen molar-refractivity contribution in [3.63, 3.8) is 0 Å². The van der Waals surface area contributed by atoms with Crippen LogP contribution in [0.3, 0.4) is 0 Å². The summed E-state index contributed by atoms with van der Waals surface area (Å²) in [4.78, 5) is 24.5. The van der Waals surface area contributed by atoms with Crippen LogP contribution in [-0.2, 0) is 4.79 Å². The van der Waals surface area contributed by atoms with E-state index in [9.17, 15) is 9.59 Å². The predicted octanol–water partition coefficient (Wildman–Crippen LogP) is 3.24. The Balaban J connectivity index is 0.00000225. The summed E-state index contributed by atoms with van der Waals surface area (Å²) >= 11 is 0. The van der Waals surface area contributed by atoms with Crippen molar-refractivity contribution in [1.82, 2.24) is 5.32 Å². The van der Waals surface area contributed by atoms with Gasteiger partial charge in [-0.1, -0.05) is 19.3 Å². The fourth-order valence-corrected chi connectivity index (χ4v) is 3.72. The van der Waals surface area contributed by atoms with Crippen molar-refractivity contribution in [2.75, 3.05) is 5.32 Å². The van der Waals surface area contributed by atoms with Gasteiger partial charge in [0.05, 0.1) is 0 Å². The van der Waals surface area contributed by atoms with Crippen LogP contribution in [0.5, 0.6) is 0 Å². The third-order valence-corrected chi connectivity index (χ3v) is 5.20. The molecule has 0 aliphatic heterocycles. The van der Waals surface area contributed by atoms with E-state index in [-0.39, 0.29) is 36.2 Å². The SMILES string of the molecule is Cl.NC1CCC(C(=O)Nc2ccc(C(=O)NC3CCCCC3)cc2)C1. The lowest BCUT2D eigenvalue weighted by atomic mass is 9.95. The standard InChI is InChI=1S/C19H27N3O2.ClH/c20-15-9-6-14(12-15)19(24)22-17-10-7-13(8-11-17)18(23)21-16-4-2-1-3-5-16;/h7-8,10-11,14-16H,1-6,9,12,20H2,(H,21,23)(H,22,24);1H. The summed E-state index contributed by atoms with van der Waals surface area (Å²) < 4.78 is 0. The maximum atomic E-state index is 12.3. The lowest BCUT2D eigenvalue weighted by molar-refractivity contribution is -0.119. The number of benzene rings is 1. The minimum absolute atomic E-state index is 0. The summed E-state index contributed by atoms with van der Waals surface area (Å²) in [5.41, 5.74) is 7.23. The van der Waals surface area contributed by atoms with Gasteiger partial charge in [-0.05, 0) is 56.4 Å². The summed E-state index contributed by atoms with van der Waals surface area (Å²) in [6.07, 6.45) is 8.34. The van der Waals surface area contributed by atoms with Crippen molar-refractivity contribution < 1.29 is 9.59 Å². The molecule has 2 aliphatic rings. The summed E-state index contributed by atoms with van der Waals surface area (Å²) in [6.45, 7) is 0. The molecule has 2 atom stereocenters. The van der Waals surface area contributed by atoms with Crippen LogP contribution >= 0.6 is 12.4 Å². The number of hydrogen-bond donors (Lipinski definition) is 3. The third-order valence-electron chi connectivity index (χ3n) is 5.20. The first-order chi connectivity index (χ1) is 11.6. The molecule has 2 aliphatic carbocycles. The molecule has 0 radical (unpaired) electrons. The molecule has 1 aromatic carbocycles. The molecule has 4 N–H and O–H groups in total. The van der Waals surface area contributed by atoms with E-state index in [1.54, 1.807) is 24.3 Å². The van der Waals surface area contributed by atoms with E-state index in [1.165, 1.54) is 19.3 Å². The van der Waals surface area contributed by atoms with Gasteiger partial charge >= 0.3 is 0 Å². The summed E-state index contributed by atoms with van der Waals surface area (Å²) in [5, 5.41) is 6.03. The Bertz CT molecular complexity index is 585. The molecule has 1 aromatic rings. The molecule has 0 saturated heterocycles. The molecule has 6 heteroatoms. The van der Waals surface area contributed by atoms with Gasteiger partial charge in [-0.15, -0.1) is 12.4 Å². The van der Waals surface area contributed by atoms with E-state index >= 15 is 0 Å². The zero-order valence-corrected chi connectivity index (χ0v) is 15.3. The Labute approximate surface area is 155 Å². The van der Waals surface area contributed by atoms with Crippen molar-refractivity contribution in [3.05, 3.63) is 29.8 Å². The number of nitrogens with two attached hydrogens (primary N) is 1. The van der Waals surface area contributed by atoms with Gasteiger partial charge in [0, 0.05) is 29.3 Å². The second kappa shape index (κ2) is 9.20. The number of carbonyl (C=O) groups excluding carboxylic acids is 2. The Kier molecular flexibility index (Phi) is 7.26. The number of halogens is 1. The average molecular weight is 366 g/mol. The van der Waals surface area contributed by atoms with Gasteiger partial charge in [0.15, 0.2) is 0 Å². The molecule has 0 bridgehead atoms. The molecule has 2 fully saturated rings. The van der Waals surface area contributed by atoms with Gasteiger partial charge < -0.3 is 16.4 Å². The van der Waals surface area contributed by atoms with E-state index < -0.39 is 0 Å². The highest BCUT2D eigenvalue weighted by molar-refractivity contribution is 5.96. The lowest BCUT2D eigenvalue weighted by Crippen LogP contribution is -2.36. The molecule has 25 heavy (non-hydrogen) atoms. The minimum atomic E-state index is -0.0263. The van der Waals surface area contributed by atoms with Gasteiger partial charge in [0.25, 0.3) is 5.91 Å². The monoisotopic (exact) mass is 365 g/mol. The van der Waals surface area contributed by atoms with Gasteiger partial charge in [0.1, 0.15) is 0 Å². The van der Waals surface area contributed by atoms with Crippen molar-refractivity contribution in [2.24, 2.45) is 11.7 Å². The summed E-state index contributed by atoms with van der Waals surface area (Å²) in [5.74, 6) is 0.0122. The van der Waals surface area contributed by atoms with Crippen molar-refractivity contribution in [2.45, 2.75) is 63.5 Å². The van der Waals surface area contributed by atoms with Gasteiger partial charge in [0.2, 0.25) is 5.91 Å². The normalized spacial score (nSPS) is 23.6. The van der Waals surface area contributed by atoms with Crippen LogP contribution < -0.4 is 16.4 Å². The Hall–Kier alpha value is -1.59. The molecule has 138 valence electrons. The quantitative estimate of drug-likeness (QED) is 0.765. The zero-order chi connectivity index (χ0) is 16.9. The van der Waals surface area contributed by atoms with Crippen LogP contribution in [-0.4, -0.2) is 23.9 Å². The number of nitrogens with one attached hydrogen (secondary N) is 2. The highest BCUT2D eigenvalue weighted by atomic mass is 35.5. The fraction of sp³-hybridized carbons (Fsp3) is 0.579. The first kappa shape index (κ1) is 19.7. The highest BCUT2D eigenvalue weighted by Gasteiger charge is 2.27. The van der Waals surface area contributed by atoms with Crippen LogP contribution in [0.25, 0.3) is 0 Å². The van der Waals surface area contributed by atoms with Crippen LogP contribution in [0.2, 0.25) is 0 Å². The molecule has 2 unspecified atom stereocenters. The molecule has 0 aromatic heterocycles. The van der Waals surface area contributed by atoms with Crippen LogP contribution in [0, 0.1) is 5.92 Å². The molecule has 5 nitrogen and oxygen atoms in total. The molecular formula is C19H28ClN3O2. The smallest absolute Gasteiger partial charge is 0.251 e. The second-order valence-electron chi connectivity index (χ2n) is 7.15. The lowest BCUT2D eigenvalue weighted by Gasteiger charge is -2.22. The maximum absolute atomic E-state index is 12.3. The number of carbonyl (C=O) groups is 2. The topological polar surface area (TPSA) is 84.2 Å². The van der Waals surface area contributed by atoms with Crippen molar-refractivity contribution >= 4 is 29.9 Å². The van der Waals surface area contributed by atoms with E-state index in [2.05, 4.69) is 10.6 Å². The number of anilines is 1. The second-order valence-corrected chi connectivity index (χ2v) is 7.15. The number of rotatable bonds is 4. The highest BCUT2D eigenvalue weighted by Crippen LogP contribution is 2.25. The minimum Gasteiger partial charge on any atom is -0.349 e. The average Bonchev–Trinajstić information content (AvgIpc) is 3.03. The van der Waals surface area contributed by atoms with E-state index in [0.29, 0.717) is 11.6 Å². The number of amides is 2. The molecule has 2 saturated carbocycles. The van der Waals surface area contributed by atoms with Crippen molar-refractivity contribution in [1.29, 1.82) is 0 Å². The Morgan fingerprint density at radius 2 is 1.64 bits per heavy atom. The zero-order valence-electron chi connectivity index (χ0n) is 14.5.